The summed E-state index contributed by atoms with van der Waals surface area (Å²) in [6.07, 6.45) is -2.51. The van der Waals surface area contributed by atoms with Crippen LogP contribution in [0.1, 0.15) is 37.5 Å². The highest BCUT2D eigenvalue weighted by atomic mass is 19.4. The Morgan fingerprint density at radius 3 is 2.45 bits per heavy atom. The molecule has 154 valence electrons. The van der Waals surface area contributed by atoms with Crippen molar-refractivity contribution in [2.45, 2.75) is 46.4 Å². The summed E-state index contributed by atoms with van der Waals surface area (Å²) in [6.45, 7) is 8.28. The molecule has 0 aliphatic carbocycles. The van der Waals surface area contributed by atoms with E-state index >= 15 is 0 Å². The number of nitrogens with zero attached hydrogens (tertiary/aromatic N) is 3. The minimum absolute atomic E-state index is 0.0280. The monoisotopic (exact) mass is 406 g/mol. The van der Waals surface area contributed by atoms with E-state index in [1.54, 1.807) is 33.8 Å². The minimum Gasteiger partial charge on any atom is -0.444 e. The number of benzene rings is 1. The van der Waals surface area contributed by atoms with Crippen molar-refractivity contribution in [1.82, 2.24) is 14.6 Å². The Morgan fingerprint density at radius 1 is 1.14 bits per heavy atom. The number of anilines is 1. The molecule has 1 N–H and O–H groups in total. The summed E-state index contributed by atoms with van der Waals surface area (Å²) < 4.78 is 47.5. The number of hydrogen-bond acceptors (Lipinski definition) is 4. The van der Waals surface area contributed by atoms with Crippen LogP contribution in [0.3, 0.4) is 0 Å². The van der Waals surface area contributed by atoms with Crippen molar-refractivity contribution < 1.29 is 22.7 Å². The molecule has 9 heteroatoms. The Morgan fingerprint density at radius 2 is 1.83 bits per heavy atom. The van der Waals surface area contributed by atoms with Gasteiger partial charge >= 0.3 is 12.3 Å². The van der Waals surface area contributed by atoms with E-state index in [1.807, 2.05) is 0 Å². The minimum atomic E-state index is -4.50. The lowest BCUT2D eigenvalue weighted by Crippen LogP contribution is -2.27. The molecule has 0 aliphatic rings. The number of alkyl halides is 3. The number of imidazole rings is 1. The second-order valence-corrected chi connectivity index (χ2v) is 7.71. The average Bonchev–Trinajstić information content (AvgIpc) is 2.96. The predicted octanol–water partition coefficient (Wildman–Crippen LogP) is 5.38. The van der Waals surface area contributed by atoms with Crippen LogP contribution in [-0.2, 0) is 10.9 Å². The summed E-state index contributed by atoms with van der Waals surface area (Å²) >= 11 is 0. The van der Waals surface area contributed by atoms with Gasteiger partial charge in [0, 0.05) is 5.56 Å². The van der Waals surface area contributed by atoms with Gasteiger partial charge in [-0.05, 0) is 57.4 Å². The average molecular weight is 406 g/mol. The molecule has 0 fully saturated rings. The maximum Gasteiger partial charge on any atom is 0.417 e. The summed E-state index contributed by atoms with van der Waals surface area (Å²) in [7, 11) is 0. The van der Waals surface area contributed by atoms with Crippen LogP contribution in [0.25, 0.3) is 16.8 Å². The predicted molar refractivity (Wildman–Crippen MR) is 103 cm³/mol. The standard InChI is InChI=1S/C20H21F3N4O2/c1-11-6-7-14(17(12(11)2)20(21,22)23)13-8-15-24-10-16(27(15)25-9-13)26-18(28)29-19(3,4)5/h6-10H,1-5H3,(H,26,28). The summed E-state index contributed by atoms with van der Waals surface area (Å²) in [4.78, 5) is 16.1. The van der Waals surface area contributed by atoms with Crippen molar-refractivity contribution in [2.75, 3.05) is 5.32 Å². The van der Waals surface area contributed by atoms with Gasteiger partial charge in [-0.15, -0.1) is 0 Å². The molecular formula is C20H21F3N4O2. The lowest BCUT2D eigenvalue weighted by molar-refractivity contribution is -0.137. The molecule has 2 aromatic heterocycles. The Balaban J connectivity index is 2.01. The molecule has 0 radical (unpaired) electrons. The SMILES string of the molecule is Cc1ccc(-c2cnn3c(NC(=O)OC(C)(C)C)cnc3c2)c(C(F)(F)F)c1C. The Hall–Kier alpha value is -3.10. The quantitative estimate of drug-likeness (QED) is 0.621. The van der Waals surface area contributed by atoms with Gasteiger partial charge in [-0.1, -0.05) is 12.1 Å². The number of ether oxygens (including phenoxy) is 1. The van der Waals surface area contributed by atoms with Crippen LogP contribution < -0.4 is 5.32 Å². The lowest BCUT2D eigenvalue weighted by atomic mass is 9.93. The highest BCUT2D eigenvalue weighted by Crippen LogP contribution is 2.40. The van der Waals surface area contributed by atoms with Crippen molar-refractivity contribution in [3.8, 4) is 11.1 Å². The number of amides is 1. The van der Waals surface area contributed by atoms with Gasteiger partial charge in [-0.2, -0.15) is 22.8 Å². The summed E-state index contributed by atoms with van der Waals surface area (Å²) in [5.74, 6) is 0.247. The topological polar surface area (TPSA) is 68.5 Å². The van der Waals surface area contributed by atoms with Gasteiger partial charge in [0.15, 0.2) is 11.5 Å². The molecule has 0 saturated carbocycles. The largest absolute Gasteiger partial charge is 0.444 e. The van der Waals surface area contributed by atoms with Gasteiger partial charge in [0.05, 0.1) is 18.0 Å². The molecule has 0 spiro atoms. The van der Waals surface area contributed by atoms with Crippen molar-refractivity contribution in [3.63, 3.8) is 0 Å². The van der Waals surface area contributed by atoms with Crippen molar-refractivity contribution in [1.29, 1.82) is 0 Å². The maximum atomic E-state index is 13.7. The molecule has 1 aromatic carbocycles. The number of aromatic nitrogens is 3. The highest BCUT2D eigenvalue weighted by molar-refractivity contribution is 5.84. The molecule has 0 atom stereocenters. The lowest BCUT2D eigenvalue weighted by Gasteiger charge is -2.19. The fraction of sp³-hybridized carbons (Fsp3) is 0.350. The number of rotatable bonds is 2. The van der Waals surface area contributed by atoms with E-state index in [2.05, 4.69) is 15.4 Å². The van der Waals surface area contributed by atoms with Crippen molar-refractivity contribution in [2.24, 2.45) is 0 Å². The fourth-order valence-electron chi connectivity index (χ4n) is 2.94. The van der Waals surface area contributed by atoms with Gasteiger partial charge in [-0.3, -0.25) is 5.32 Å². The van der Waals surface area contributed by atoms with Gasteiger partial charge in [0.1, 0.15) is 5.60 Å². The van der Waals surface area contributed by atoms with Crippen molar-refractivity contribution in [3.05, 3.63) is 47.3 Å². The van der Waals surface area contributed by atoms with Crippen LogP contribution in [0, 0.1) is 13.8 Å². The third-order valence-electron chi connectivity index (χ3n) is 4.32. The number of nitrogens with one attached hydrogen (secondary N) is 1. The number of carbonyl (C=O) groups is 1. The molecule has 0 bridgehead atoms. The van der Waals surface area contributed by atoms with Gasteiger partial charge < -0.3 is 4.74 Å². The number of hydrogen-bond donors (Lipinski definition) is 1. The van der Waals surface area contributed by atoms with Gasteiger partial charge in [-0.25, -0.2) is 9.78 Å². The number of aryl methyl sites for hydroxylation is 1. The second kappa shape index (κ2) is 7.06. The Kier molecular flexibility index (Phi) is 5.02. The van der Waals surface area contributed by atoms with Crippen LogP contribution >= 0.6 is 0 Å². The molecule has 3 rings (SSSR count). The van der Waals surface area contributed by atoms with Crippen LogP contribution in [0.15, 0.2) is 30.6 Å². The normalized spacial score (nSPS) is 12.3. The fourth-order valence-corrected chi connectivity index (χ4v) is 2.94. The summed E-state index contributed by atoms with van der Waals surface area (Å²) in [6, 6.07) is 4.57. The first-order chi connectivity index (χ1) is 13.4. The first-order valence-electron chi connectivity index (χ1n) is 8.88. The zero-order chi connectivity index (χ0) is 21.6. The molecule has 0 saturated heterocycles. The van der Waals surface area contributed by atoms with Crippen LogP contribution in [-0.4, -0.2) is 26.3 Å². The van der Waals surface area contributed by atoms with Crippen LogP contribution in [0.2, 0.25) is 0 Å². The van der Waals surface area contributed by atoms with Gasteiger partial charge in [0.25, 0.3) is 0 Å². The molecule has 2 heterocycles. The Labute approximate surface area is 165 Å². The third-order valence-corrected chi connectivity index (χ3v) is 4.32. The first kappa shape index (κ1) is 20.6. The van der Waals surface area contributed by atoms with Gasteiger partial charge in [0.2, 0.25) is 0 Å². The summed E-state index contributed by atoms with van der Waals surface area (Å²) in [5, 5.41) is 6.69. The number of fused-ring (bicyclic) bond motifs is 1. The molecular weight excluding hydrogens is 385 g/mol. The second-order valence-electron chi connectivity index (χ2n) is 7.71. The van der Waals surface area contributed by atoms with E-state index in [4.69, 9.17) is 4.74 Å². The van der Waals surface area contributed by atoms with E-state index in [1.165, 1.54) is 36.0 Å². The van der Waals surface area contributed by atoms with Crippen LogP contribution in [0.5, 0.6) is 0 Å². The summed E-state index contributed by atoms with van der Waals surface area (Å²) in [5.41, 5.74) is -0.0438. The van der Waals surface area contributed by atoms with E-state index in [0.29, 0.717) is 11.2 Å². The first-order valence-corrected chi connectivity index (χ1v) is 8.88. The van der Waals surface area contributed by atoms with Crippen molar-refractivity contribution >= 4 is 17.6 Å². The van der Waals surface area contributed by atoms with E-state index in [-0.39, 0.29) is 22.5 Å². The number of halogens is 3. The zero-order valence-corrected chi connectivity index (χ0v) is 16.7. The van der Waals surface area contributed by atoms with E-state index < -0.39 is 23.4 Å². The smallest absolute Gasteiger partial charge is 0.417 e. The molecule has 29 heavy (non-hydrogen) atoms. The molecule has 0 aliphatic heterocycles. The van der Waals surface area contributed by atoms with Crippen LogP contribution in [0.4, 0.5) is 23.8 Å². The zero-order valence-electron chi connectivity index (χ0n) is 16.7. The van der Waals surface area contributed by atoms with E-state index in [9.17, 15) is 18.0 Å². The van der Waals surface area contributed by atoms with E-state index in [0.717, 1.165) is 0 Å². The molecule has 1 amide bonds. The molecule has 3 aromatic rings. The maximum absolute atomic E-state index is 13.7. The molecule has 0 unspecified atom stereocenters. The Bertz CT molecular complexity index is 1080. The highest BCUT2D eigenvalue weighted by Gasteiger charge is 2.36. The number of carbonyl (C=O) groups excluding carboxylic acids is 1. The molecule has 6 nitrogen and oxygen atoms in total. The third kappa shape index (κ3) is 4.33.